The Balaban J connectivity index is 1.87. The van der Waals surface area contributed by atoms with Crippen LogP contribution in [0.4, 0.5) is 17.1 Å². The molecule has 0 saturated carbocycles. The van der Waals surface area contributed by atoms with E-state index in [9.17, 15) is 14.4 Å². The van der Waals surface area contributed by atoms with Crippen molar-refractivity contribution in [1.29, 1.82) is 0 Å². The molecule has 4 aromatic rings. The van der Waals surface area contributed by atoms with E-state index in [1.807, 2.05) is 91.9 Å². The first-order valence-electron chi connectivity index (χ1n) is 13.2. The van der Waals surface area contributed by atoms with Gasteiger partial charge in [0.1, 0.15) is 0 Å². The lowest BCUT2D eigenvalue weighted by Crippen LogP contribution is -2.12. The molecule has 0 aliphatic carbocycles. The van der Waals surface area contributed by atoms with Crippen molar-refractivity contribution in [3.63, 3.8) is 0 Å². The van der Waals surface area contributed by atoms with Crippen LogP contribution in [-0.2, 0) is 19.3 Å². The van der Waals surface area contributed by atoms with Crippen molar-refractivity contribution >= 4 is 57.0 Å². The highest BCUT2D eigenvalue weighted by Gasteiger charge is 2.18. The molecule has 0 radical (unpaired) electrons. The topological polar surface area (TPSA) is 97.6 Å². The van der Waals surface area contributed by atoms with E-state index in [1.54, 1.807) is 13.8 Å². The molecule has 0 amide bonds. The van der Waals surface area contributed by atoms with E-state index in [4.69, 9.17) is 9.68 Å². The Hall–Kier alpha value is -5.11. The summed E-state index contributed by atoms with van der Waals surface area (Å²) in [4.78, 5) is 46.6. The van der Waals surface area contributed by atoms with Crippen LogP contribution in [0.3, 0.4) is 0 Å². The molecular formula is C33H31N3O5. The van der Waals surface area contributed by atoms with Gasteiger partial charge in [-0.15, -0.1) is 0 Å². The van der Waals surface area contributed by atoms with Crippen LogP contribution in [0.25, 0.3) is 10.8 Å². The van der Waals surface area contributed by atoms with Crippen LogP contribution < -0.4 is 4.90 Å². The van der Waals surface area contributed by atoms with Crippen LogP contribution in [0, 0.1) is 0 Å². The van der Waals surface area contributed by atoms with Crippen LogP contribution in [0.5, 0.6) is 0 Å². The van der Waals surface area contributed by atoms with Gasteiger partial charge < -0.3 is 14.6 Å². The lowest BCUT2D eigenvalue weighted by atomic mass is 9.98. The first-order chi connectivity index (χ1) is 19.7. The molecule has 0 bridgehead atoms. The highest BCUT2D eigenvalue weighted by atomic mass is 16.7. The minimum atomic E-state index is -0.488. The first-order valence-corrected chi connectivity index (χ1v) is 13.2. The normalized spacial score (nSPS) is 11.7. The molecular weight excluding hydrogens is 518 g/mol. The fourth-order valence-corrected chi connectivity index (χ4v) is 4.44. The summed E-state index contributed by atoms with van der Waals surface area (Å²) in [6, 6.07) is 27.2. The monoisotopic (exact) mass is 549 g/mol. The second kappa shape index (κ2) is 12.8. The van der Waals surface area contributed by atoms with Gasteiger partial charge in [0.2, 0.25) is 0 Å². The quantitative estimate of drug-likeness (QED) is 0.0929. The van der Waals surface area contributed by atoms with Gasteiger partial charge in [-0.3, -0.25) is 4.79 Å². The standard InChI is InChI=1S/C33H31N3O5/c1-6-33(39)26-13-17-28(18-14-26)36(27-15-11-25(12-16-27)21(2)34-40-23(4)37)32-20-19-29(22(3)35-41-24(5)38)30-9-7-8-10-31(30)32/h7-20H,6H2,1-5H3/b34-21-,35-22-. The summed E-state index contributed by atoms with van der Waals surface area (Å²) in [6.07, 6.45) is 0.430. The maximum absolute atomic E-state index is 12.3. The number of ketones is 1. The number of hydrogen-bond acceptors (Lipinski definition) is 8. The van der Waals surface area contributed by atoms with E-state index in [0.29, 0.717) is 23.4 Å². The van der Waals surface area contributed by atoms with Gasteiger partial charge in [0.05, 0.1) is 17.1 Å². The van der Waals surface area contributed by atoms with Gasteiger partial charge in [0.15, 0.2) is 5.78 Å². The summed E-state index contributed by atoms with van der Waals surface area (Å²) >= 11 is 0. The van der Waals surface area contributed by atoms with Gasteiger partial charge in [-0.2, -0.15) is 0 Å². The smallest absolute Gasteiger partial charge is 0.318 e. The molecule has 8 nitrogen and oxygen atoms in total. The average Bonchev–Trinajstić information content (AvgIpc) is 2.99. The van der Waals surface area contributed by atoms with E-state index < -0.39 is 11.9 Å². The van der Waals surface area contributed by atoms with Crippen LogP contribution in [0.2, 0.25) is 0 Å². The van der Waals surface area contributed by atoms with Gasteiger partial charge in [-0.05, 0) is 67.3 Å². The van der Waals surface area contributed by atoms with Crippen molar-refractivity contribution < 1.29 is 24.1 Å². The van der Waals surface area contributed by atoms with Crippen LogP contribution in [0.15, 0.2) is 95.2 Å². The number of fused-ring (bicyclic) bond motifs is 1. The summed E-state index contributed by atoms with van der Waals surface area (Å²) in [6.45, 7) is 8.02. The van der Waals surface area contributed by atoms with E-state index >= 15 is 0 Å². The number of rotatable bonds is 9. The molecule has 4 aromatic carbocycles. The molecule has 4 rings (SSSR count). The van der Waals surface area contributed by atoms with Crippen LogP contribution >= 0.6 is 0 Å². The second-order valence-corrected chi connectivity index (χ2v) is 9.40. The Morgan fingerprint density at radius 2 is 1.15 bits per heavy atom. The minimum Gasteiger partial charge on any atom is -0.318 e. The van der Waals surface area contributed by atoms with E-state index in [0.717, 1.165) is 39.0 Å². The Morgan fingerprint density at radius 3 is 1.68 bits per heavy atom. The predicted octanol–water partition coefficient (Wildman–Crippen LogP) is 7.48. The SMILES string of the molecule is CCC(=O)c1ccc(N(c2ccc(/C(C)=N\OC(C)=O)cc2)c2ccc(/C(C)=N\OC(C)=O)c3ccccc23)cc1. The Labute approximate surface area is 238 Å². The minimum absolute atomic E-state index is 0.0762. The predicted molar refractivity (Wildman–Crippen MR) is 161 cm³/mol. The molecule has 41 heavy (non-hydrogen) atoms. The number of carbonyl (C=O) groups is 3. The highest BCUT2D eigenvalue weighted by molar-refractivity contribution is 6.13. The maximum atomic E-state index is 12.3. The maximum Gasteiger partial charge on any atom is 0.331 e. The fourth-order valence-electron chi connectivity index (χ4n) is 4.44. The summed E-state index contributed by atoms with van der Waals surface area (Å²) < 4.78 is 0. The fraction of sp³-hybridized carbons (Fsp3) is 0.182. The van der Waals surface area contributed by atoms with Crippen LogP contribution in [0.1, 0.15) is 62.5 Å². The van der Waals surface area contributed by atoms with Crippen molar-refractivity contribution in [2.45, 2.75) is 41.0 Å². The molecule has 0 heterocycles. The molecule has 0 spiro atoms. The Morgan fingerprint density at radius 1 is 0.634 bits per heavy atom. The lowest BCUT2D eigenvalue weighted by molar-refractivity contribution is -0.141. The molecule has 0 aliphatic heterocycles. The number of carbonyl (C=O) groups excluding carboxylic acids is 3. The molecule has 0 saturated heterocycles. The van der Waals surface area contributed by atoms with Gasteiger partial charge in [0.25, 0.3) is 0 Å². The summed E-state index contributed by atoms with van der Waals surface area (Å²) in [5.74, 6) is -0.897. The van der Waals surface area contributed by atoms with Gasteiger partial charge in [-0.1, -0.05) is 59.7 Å². The number of anilines is 3. The third-order valence-corrected chi connectivity index (χ3v) is 6.47. The number of hydrogen-bond donors (Lipinski definition) is 0. The van der Waals surface area contributed by atoms with Crippen molar-refractivity contribution in [3.8, 4) is 0 Å². The highest BCUT2D eigenvalue weighted by Crippen LogP contribution is 2.40. The zero-order valence-electron chi connectivity index (χ0n) is 23.7. The molecule has 0 unspecified atom stereocenters. The van der Waals surface area contributed by atoms with Crippen molar-refractivity contribution in [2.24, 2.45) is 10.3 Å². The van der Waals surface area contributed by atoms with Crippen molar-refractivity contribution in [1.82, 2.24) is 0 Å². The van der Waals surface area contributed by atoms with Gasteiger partial charge in [-0.25, -0.2) is 9.59 Å². The number of benzene rings is 4. The van der Waals surface area contributed by atoms with Crippen molar-refractivity contribution in [3.05, 3.63) is 102 Å². The Bertz CT molecular complexity index is 1660. The van der Waals surface area contributed by atoms with Crippen LogP contribution in [-0.4, -0.2) is 29.1 Å². The van der Waals surface area contributed by atoms with Gasteiger partial charge in [0, 0.05) is 48.2 Å². The number of oxime groups is 2. The average molecular weight is 550 g/mol. The summed E-state index contributed by atoms with van der Waals surface area (Å²) in [5.41, 5.74) is 6.06. The largest absolute Gasteiger partial charge is 0.331 e. The molecule has 0 aliphatic rings. The van der Waals surface area contributed by atoms with Crippen molar-refractivity contribution in [2.75, 3.05) is 4.90 Å². The lowest BCUT2D eigenvalue weighted by Gasteiger charge is -2.27. The number of Topliss-reactive ketones (excluding diaryl/α,β-unsaturated/α-hetero) is 1. The molecule has 0 fully saturated rings. The molecule has 8 heteroatoms. The Kier molecular flexibility index (Phi) is 9.04. The summed E-state index contributed by atoms with van der Waals surface area (Å²) in [7, 11) is 0. The zero-order valence-corrected chi connectivity index (χ0v) is 23.7. The zero-order chi connectivity index (χ0) is 29.5. The van der Waals surface area contributed by atoms with Gasteiger partial charge >= 0.3 is 11.9 Å². The molecule has 0 N–H and O–H groups in total. The second-order valence-electron chi connectivity index (χ2n) is 9.40. The molecule has 0 atom stereocenters. The van der Waals surface area contributed by atoms with E-state index in [1.165, 1.54) is 13.8 Å². The molecule has 0 aromatic heterocycles. The number of nitrogens with zero attached hydrogens (tertiary/aromatic N) is 3. The third kappa shape index (κ3) is 6.73. The van der Waals surface area contributed by atoms with E-state index in [2.05, 4.69) is 15.2 Å². The third-order valence-electron chi connectivity index (χ3n) is 6.47. The summed E-state index contributed by atoms with van der Waals surface area (Å²) in [5, 5.41) is 9.78. The molecule has 208 valence electrons. The van der Waals surface area contributed by atoms with E-state index in [-0.39, 0.29) is 5.78 Å². The first kappa shape index (κ1) is 28.9.